The van der Waals surface area contributed by atoms with Crippen LogP contribution in [-0.4, -0.2) is 25.7 Å². The fourth-order valence-corrected chi connectivity index (χ4v) is 3.77. The fourth-order valence-electron chi connectivity index (χ4n) is 3.20. The lowest BCUT2D eigenvalue weighted by atomic mass is 10.1. The fraction of sp³-hybridized carbons (Fsp3) is 0.368. The lowest BCUT2D eigenvalue weighted by Gasteiger charge is -2.34. The number of rotatable bonds is 4. The molecule has 6 heteroatoms. The van der Waals surface area contributed by atoms with Crippen molar-refractivity contribution in [3.8, 4) is 0 Å². The molecule has 3 rings (SSSR count). The Morgan fingerprint density at radius 3 is 2.76 bits per heavy atom. The predicted molar refractivity (Wildman–Crippen MR) is 109 cm³/mol. The van der Waals surface area contributed by atoms with E-state index in [-0.39, 0.29) is 6.04 Å². The van der Waals surface area contributed by atoms with Crippen molar-refractivity contribution in [2.45, 2.75) is 25.9 Å². The van der Waals surface area contributed by atoms with Crippen LogP contribution in [0.2, 0.25) is 10.0 Å². The molecule has 2 aromatic carbocycles. The van der Waals surface area contributed by atoms with Gasteiger partial charge in [0.2, 0.25) is 0 Å². The Kier molecular flexibility index (Phi) is 5.62. The minimum Gasteiger partial charge on any atom is -0.397 e. The quantitative estimate of drug-likeness (QED) is 0.683. The minimum absolute atomic E-state index is 0.0178. The number of nitrogen functional groups attached to an aromatic ring is 1. The lowest BCUT2D eigenvalue weighted by Crippen LogP contribution is -2.49. The molecule has 2 atom stereocenters. The van der Waals surface area contributed by atoms with Crippen LogP contribution in [0.25, 0.3) is 0 Å². The third kappa shape index (κ3) is 4.32. The molecule has 25 heavy (non-hydrogen) atoms. The summed E-state index contributed by atoms with van der Waals surface area (Å²) in [6.45, 7) is 7.24. The van der Waals surface area contributed by atoms with E-state index >= 15 is 0 Å². The zero-order valence-corrected chi connectivity index (χ0v) is 16.0. The summed E-state index contributed by atoms with van der Waals surface area (Å²) in [5.74, 6) is 0. The number of nitrogens with zero attached hydrogens (tertiary/aromatic N) is 1. The maximum atomic E-state index is 6.33. The van der Waals surface area contributed by atoms with Gasteiger partial charge in [0.1, 0.15) is 0 Å². The van der Waals surface area contributed by atoms with Crippen LogP contribution in [0.3, 0.4) is 0 Å². The van der Waals surface area contributed by atoms with Gasteiger partial charge in [0.05, 0.1) is 17.4 Å². The van der Waals surface area contributed by atoms with Crippen molar-refractivity contribution in [3.05, 3.63) is 52.0 Å². The Hall–Kier alpha value is -1.62. The Morgan fingerprint density at radius 2 is 2.04 bits per heavy atom. The van der Waals surface area contributed by atoms with Crippen LogP contribution in [0.4, 0.5) is 17.1 Å². The van der Waals surface area contributed by atoms with Crippen molar-refractivity contribution < 1.29 is 0 Å². The molecule has 4 N–H and O–H groups in total. The summed E-state index contributed by atoms with van der Waals surface area (Å²) in [4.78, 5) is 2.38. The van der Waals surface area contributed by atoms with E-state index in [2.05, 4.69) is 41.5 Å². The number of hydrogen-bond acceptors (Lipinski definition) is 4. The molecular formula is C19H24Cl2N4. The van der Waals surface area contributed by atoms with Crippen LogP contribution in [0.15, 0.2) is 36.4 Å². The molecule has 0 aromatic heterocycles. The van der Waals surface area contributed by atoms with Gasteiger partial charge >= 0.3 is 0 Å². The predicted octanol–water partition coefficient (Wildman–Crippen LogP) is 4.55. The molecule has 4 nitrogen and oxygen atoms in total. The topological polar surface area (TPSA) is 53.3 Å². The standard InChI is InChI=1S/C19H24Cl2N4/c1-12-11-25(8-7-23-12)15-4-6-18(22)19(10-15)24-13(2)16-5-3-14(20)9-17(16)21/h3-6,9-10,12-13,23-24H,7-8,11,22H2,1-2H3/t12-,13?/m1/s1. The summed E-state index contributed by atoms with van der Waals surface area (Å²) in [7, 11) is 0. The number of anilines is 3. The summed E-state index contributed by atoms with van der Waals surface area (Å²) in [5, 5.41) is 8.23. The second-order valence-corrected chi connectivity index (χ2v) is 7.45. The maximum absolute atomic E-state index is 6.33. The van der Waals surface area contributed by atoms with Gasteiger partial charge in [-0.3, -0.25) is 0 Å². The van der Waals surface area contributed by atoms with Crippen LogP contribution in [0.5, 0.6) is 0 Å². The Morgan fingerprint density at radius 1 is 1.24 bits per heavy atom. The van der Waals surface area contributed by atoms with Crippen molar-refractivity contribution in [1.82, 2.24) is 5.32 Å². The van der Waals surface area contributed by atoms with Crippen molar-refractivity contribution in [1.29, 1.82) is 0 Å². The van der Waals surface area contributed by atoms with Crippen molar-refractivity contribution >= 4 is 40.3 Å². The first-order valence-electron chi connectivity index (χ1n) is 8.53. The molecular weight excluding hydrogens is 355 g/mol. The second-order valence-electron chi connectivity index (χ2n) is 6.60. The Balaban J connectivity index is 1.80. The van der Waals surface area contributed by atoms with Gasteiger partial charge in [0.25, 0.3) is 0 Å². The van der Waals surface area contributed by atoms with Crippen LogP contribution in [0.1, 0.15) is 25.5 Å². The highest BCUT2D eigenvalue weighted by Crippen LogP contribution is 2.32. The van der Waals surface area contributed by atoms with Crippen molar-refractivity contribution in [3.63, 3.8) is 0 Å². The molecule has 0 aliphatic carbocycles. The highest BCUT2D eigenvalue weighted by Gasteiger charge is 2.17. The first-order chi connectivity index (χ1) is 11.9. The summed E-state index contributed by atoms with van der Waals surface area (Å²) in [6.07, 6.45) is 0. The highest BCUT2D eigenvalue weighted by atomic mass is 35.5. The third-order valence-electron chi connectivity index (χ3n) is 4.57. The van der Waals surface area contributed by atoms with Crippen LogP contribution < -0.4 is 21.3 Å². The highest BCUT2D eigenvalue weighted by molar-refractivity contribution is 6.35. The number of nitrogens with one attached hydrogen (secondary N) is 2. The molecule has 1 aliphatic heterocycles. The number of piperazine rings is 1. The van der Waals surface area contributed by atoms with E-state index < -0.39 is 0 Å². The summed E-state index contributed by atoms with van der Waals surface area (Å²) in [6, 6.07) is 12.2. The lowest BCUT2D eigenvalue weighted by molar-refractivity contribution is 0.485. The number of hydrogen-bond donors (Lipinski definition) is 3. The zero-order chi connectivity index (χ0) is 18.0. The monoisotopic (exact) mass is 378 g/mol. The van der Waals surface area contributed by atoms with Gasteiger partial charge < -0.3 is 21.3 Å². The van der Waals surface area contributed by atoms with Crippen LogP contribution in [-0.2, 0) is 0 Å². The summed E-state index contributed by atoms with van der Waals surface area (Å²) >= 11 is 12.3. The van der Waals surface area contributed by atoms with Crippen molar-refractivity contribution in [2.24, 2.45) is 0 Å². The van der Waals surface area contributed by atoms with E-state index in [4.69, 9.17) is 28.9 Å². The van der Waals surface area contributed by atoms with Crippen molar-refractivity contribution in [2.75, 3.05) is 35.6 Å². The first kappa shape index (κ1) is 18.2. The van der Waals surface area contributed by atoms with Gasteiger partial charge in [0, 0.05) is 41.4 Å². The molecule has 0 radical (unpaired) electrons. The Labute approximate surface area is 159 Å². The summed E-state index contributed by atoms with van der Waals surface area (Å²) in [5.41, 5.74) is 10.0. The van der Waals surface area contributed by atoms with Gasteiger partial charge in [-0.15, -0.1) is 0 Å². The zero-order valence-electron chi connectivity index (χ0n) is 14.5. The molecule has 134 valence electrons. The molecule has 0 spiro atoms. The van der Waals surface area contributed by atoms with Gasteiger partial charge in [-0.2, -0.15) is 0 Å². The van der Waals surface area contributed by atoms with E-state index in [1.54, 1.807) is 6.07 Å². The first-order valence-corrected chi connectivity index (χ1v) is 9.29. The molecule has 0 amide bonds. The Bertz CT molecular complexity index is 750. The van der Waals surface area contributed by atoms with E-state index in [1.165, 1.54) is 5.69 Å². The molecule has 1 saturated heterocycles. The molecule has 1 aliphatic rings. The smallest absolute Gasteiger partial charge is 0.0599 e. The number of nitrogens with two attached hydrogens (primary N) is 1. The minimum atomic E-state index is 0.0178. The molecule has 0 saturated carbocycles. The van der Waals surface area contributed by atoms with Gasteiger partial charge in [-0.05, 0) is 49.7 Å². The van der Waals surface area contributed by atoms with Gasteiger partial charge in [0.15, 0.2) is 0 Å². The average molecular weight is 379 g/mol. The maximum Gasteiger partial charge on any atom is 0.0599 e. The molecule has 1 fully saturated rings. The van der Waals surface area contributed by atoms with E-state index in [0.29, 0.717) is 16.1 Å². The second kappa shape index (κ2) is 7.73. The summed E-state index contributed by atoms with van der Waals surface area (Å²) < 4.78 is 0. The van der Waals surface area contributed by atoms with E-state index in [0.717, 1.165) is 36.6 Å². The van der Waals surface area contributed by atoms with Gasteiger partial charge in [-0.25, -0.2) is 0 Å². The molecule has 1 heterocycles. The molecule has 1 unspecified atom stereocenters. The molecule has 0 bridgehead atoms. The number of halogens is 2. The van der Waals surface area contributed by atoms with E-state index in [1.807, 2.05) is 18.2 Å². The normalized spacial score (nSPS) is 18.9. The number of benzene rings is 2. The third-order valence-corrected chi connectivity index (χ3v) is 5.13. The average Bonchev–Trinajstić information content (AvgIpc) is 2.56. The SMILES string of the molecule is CC(Nc1cc(N2CCN[C@H](C)C2)ccc1N)c1ccc(Cl)cc1Cl. The van der Waals surface area contributed by atoms with Gasteiger partial charge in [-0.1, -0.05) is 29.3 Å². The van der Waals surface area contributed by atoms with Crippen LogP contribution >= 0.6 is 23.2 Å². The van der Waals surface area contributed by atoms with Crippen LogP contribution in [0, 0.1) is 0 Å². The van der Waals surface area contributed by atoms with E-state index in [9.17, 15) is 0 Å². The molecule has 2 aromatic rings. The largest absolute Gasteiger partial charge is 0.397 e.